The monoisotopic (exact) mass is 281 g/mol. The molecular formula is C17H19N3O. The summed E-state index contributed by atoms with van der Waals surface area (Å²) in [6.07, 6.45) is 2.48. The molecule has 1 heterocycles. The summed E-state index contributed by atoms with van der Waals surface area (Å²) in [5, 5.41) is 17.7. The molecule has 0 saturated heterocycles. The zero-order valence-electron chi connectivity index (χ0n) is 12.7. The van der Waals surface area contributed by atoms with E-state index in [1.807, 2.05) is 38.1 Å². The lowest BCUT2D eigenvalue weighted by molar-refractivity contribution is 0.450. The highest BCUT2D eigenvalue weighted by atomic mass is 16.5. The van der Waals surface area contributed by atoms with Crippen LogP contribution in [0.2, 0.25) is 0 Å². The summed E-state index contributed by atoms with van der Waals surface area (Å²) in [7, 11) is 0. The van der Waals surface area contributed by atoms with Crippen molar-refractivity contribution in [3.05, 3.63) is 46.6 Å². The fraction of sp³-hybridized carbons (Fsp3) is 0.353. The molecule has 4 heteroatoms. The van der Waals surface area contributed by atoms with Crippen LogP contribution >= 0.6 is 0 Å². The summed E-state index contributed by atoms with van der Waals surface area (Å²) >= 11 is 0. The largest absolute Gasteiger partial charge is 0.437 e. The molecule has 2 rings (SSSR count). The van der Waals surface area contributed by atoms with Crippen LogP contribution in [0.1, 0.15) is 43.2 Å². The van der Waals surface area contributed by atoms with Crippen LogP contribution in [0.3, 0.4) is 0 Å². The van der Waals surface area contributed by atoms with Crippen LogP contribution in [0.15, 0.2) is 24.3 Å². The van der Waals surface area contributed by atoms with Crippen molar-refractivity contribution in [1.82, 2.24) is 10.2 Å². The van der Waals surface area contributed by atoms with E-state index in [2.05, 4.69) is 23.2 Å². The number of ether oxygens (including phenoxy) is 1. The molecule has 0 aliphatic rings. The van der Waals surface area contributed by atoms with Gasteiger partial charge < -0.3 is 4.74 Å². The molecule has 0 saturated carbocycles. The second kappa shape index (κ2) is 6.85. The molecule has 0 aliphatic carbocycles. The second-order valence-electron chi connectivity index (χ2n) is 4.72. The summed E-state index contributed by atoms with van der Waals surface area (Å²) in [5.41, 5.74) is 3.52. The number of nitriles is 1. The van der Waals surface area contributed by atoms with Crippen LogP contribution in [-0.4, -0.2) is 10.2 Å². The van der Waals surface area contributed by atoms with Gasteiger partial charge in [-0.05, 0) is 42.5 Å². The van der Waals surface area contributed by atoms with E-state index in [4.69, 9.17) is 4.74 Å². The smallest absolute Gasteiger partial charge is 0.257 e. The molecule has 0 unspecified atom stereocenters. The summed E-state index contributed by atoms with van der Waals surface area (Å²) in [5.74, 6) is 0.958. The van der Waals surface area contributed by atoms with Gasteiger partial charge >= 0.3 is 0 Å². The molecular weight excluding hydrogens is 262 g/mol. The lowest BCUT2D eigenvalue weighted by atomic mass is 10.0. The van der Waals surface area contributed by atoms with Crippen molar-refractivity contribution in [3.63, 3.8) is 0 Å². The second-order valence-corrected chi connectivity index (χ2v) is 4.72. The lowest BCUT2D eigenvalue weighted by Gasteiger charge is -2.11. The van der Waals surface area contributed by atoms with Crippen molar-refractivity contribution in [2.75, 3.05) is 0 Å². The Labute approximate surface area is 125 Å². The van der Waals surface area contributed by atoms with Gasteiger partial charge in [0.15, 0.2) is 0 Å². The Balaban J connectivity index is 2.37. The molecule has 108 valence electrons. The third-order valence-electron chi connectivity index (χ3n) is 3.47. The van der Waals surface area contributed by atoms with Gasteiger partial charge in [0.2, 0.25) is 0 Å². The van der Waals surface area contributed by atoms with Gasteiger partial charge in [-0.1, -0.05) is 32.9 Å². The summed E-state index contributed by atoms with van der Waals surface area (Å²) in [6, 6.07) is 10.0. The van der Waals surface area contributed by atoms with Crippen molar-refractivity contribution >= 4 is 0 Å². The van der Waals surface area contributed by atoms with Gasteiger partial charge in [0.05, 0.1) is 5.69 Å². The molecule has 0 amide bonds. The van der Waals surface area contributed by atoms with Gasteiger partial charge in [0.25, 0.3) is 5.88 Å². The first-order valence-electron chi connectivity index (χ1n) is 7.28. The zero-order chi connectivity index (χ0) is 15.2. The summed E-state index contributed by atoms with van der Waals surface area (Å²) in [4.78, 5) is 0. The lowest BCUT2D eigenvalue weighted by Crippen LogP contribution is -2.05. The topological polar surface area (TPSA) is 58.8 Å². The van der Waals surface area contributed by atoms with Crippen LogP contribution < -0.4 is 4.74 Å². The van der Waals surface area contributed by atoms with Crippen molar-refractivity contribution in [2.24, 2.45) is 0 Å². The van der Waals surface area contributed by atoms with E-state index in [-0.39, 0.29) is 5.88 Å². The third kappa shape index (κ3) is 3.19. The van der Waals surface area contributed by atoms with Gasteiger partial charge in [0, 0.05) is 0 Å². The summed E-state index contributed by atoms with van der Waals surface area (Å²) in [6.45, 7) is 6.12. The maximum Gasteiger partial charge on any atom is 0.257 e. The third-order valence-corrected chi connectivity index (χ3v) is 3.47. The fourth-order valence-corrected chi connectivity index (χ4v) is 2.25. The van der Waals surface area contributed by atoms with Crippen molar-refractivity contribution in [1.29, 1.82) is 5.26 Å². The normalized spacial score (nSPS) is 10.2. The van der Waals surface area contributed by atoms with Gasteiger partial charge in [-0.25, -0.2) is 0 Å². The van der Waals surface area contributed by atoms with E-state index in [0.29, 0.717) is 11.3 Å². The predicted molar refractivity (Wildman–Crippen MR) is 81.4 cm³/mol. The maximum atomic E-state index is 9.41. The highest BCUT2D eigenvalue weighted by Crippen LogP contribution is 2.26. The number of hydrogen-bond acceptors (Lipinski definition) is 4. The molecule has 1 aromatic heterocycles. The molecule has 21 heavy (non-hydrogen) atoms. The molecule has 1 aromatic carbocycles. The standard InChI is InChI=1S/C17H19N3O/c1-4-12-7-9-13(10-8-12)21-17-15(11-18)14(5-2)16(6-3)19-20-17/h7-10H,4-6H2,1-3H3. The highest BCUT2D eigenvalue weighted by molar-refractivity contribution is 5.47. The Kier molecular flexibility index (Phi) is 4.89. The van der Waals surface area contributed by atoms with Crippen LogP contribution in [0, 0.1) is 11.3 Å². The first-order chi connectivity index (χ1) is 10.2. The van der Waals surface area contributed by atoms with E-state index in [0.717, 1.165) is 30.5 Å². The van der Waals surface area contributed by atoms with Crippen LogP contribution in [0.5, 0.6) is 11.6 Å². The van der Waals surface area contributed by atoms with E-state index in [1.54, 1.807) is 0 Å². The highest BCUT2D eigenvalue weighted by Gasteiger charge is 2.15. The minimum Gasteiger partial charge on any atom is -0.437 e. The minimum absolute atomic E-state index is 0.288. The van der Waals surface area contributed by atoms with E-state index < -0.39 is 0 Å². The van der Waals surface area contributed by atoms with E-state index >= 15 is 0 Å². The Bertz CT molecular complexity index is 657. The molecule has 0 spiro atoms. The summed E-state index contributed by atoms with van der Waals surface area (Å²) < 4.78 is 5.75. The van der Waals surface area contributed by atoms with E-state index in [9.17, 15) is 5.26 Å². The molecule has 0 bridgehead atoms. The minimum atomic E-state index is 0.288. The number of nitrogens with zero attached hydrogens (tertiary/aromatic N) is 3. The molecule has 0 fully saturated rings. The molecule has 4 nitrogen and oxygen atoms in total. The quantitative estimate of drug-likeness (QED) is 0.835. The molecule has 0 atom stereocenters. The van der Waals surface area contributed by atoms with Crippen LogP contribution in [0.25, 0.3) is 0 Å². The number of rotatable bonds is 5. The number of aryl methyl sites for hydroxylation is 2. The average molecular weight is 281 g/mol. The molecule has 0 aliphatic heterocycles. The van der Waals surface area contributed by atoms with E-state index in [1.165, 1.54) is 5.56 Å². The van der Waals surface area contributed by atoms with Crippen molar-refractivity contribution in [2.45, 2.75) is 40.0 Å². The Morgan fingerprint density at radius 1 is 1.00 bits per heavy atom. The fourth-order valence-electron chi connectivity index (χ4n) is 2.25. The van der Waals surface area contributed by atoms with Crippen molar-refractivity contribution in [3.8, 4) is 17.7 Å². The number of benzene rings is 1. The molecule has 0 radical (unpaired) electrons. The first kappa shape index (κ1) is 15.0. The van der Waals surface area contributed by atoms with Gasteiger partial charge in [0.1, 0.15) is 17.4 Å². The predicted octanol–water partition coefficient (Wildman–Crippen LogP) is 3.83. The first-order valence-corrected chi connectivity index (χ1v) is 7.28. The number of hydrogen-bond donors (Lipinski definition) is 0. The Morgan fingerprint density at radius 3 is 2.24 bits per heavy atom. The Hall–Kier alpha value is -2.41. The zero-order valence-corrected chi connectivity index (χ0v) is 12.7. The van der Waals surface area contributed by atoms with Crippen LogP contribution in [0.4, 0.5) is 0 Å². The van der Waals surface area contributed by atoms with Crippen LogP contribution in [-0.2, 0) is 19.3 Å². The maximum absolute atomic E-state index is 9.41. The van der Waals surface area contributed by atoms with Crippen molar-refractivity contribution < 1.29 is 4.74 Å². The molecule has 0 N–H and O–H groups in total. The molecule has 2 aromatic rings. The van der Waals surface area contributed by atoms with Gasteiger partial charge in [-0.3, -0.25) is 0 Å². The Morgan fingerprint density at radius 2 is 1.71 bits per heavy atom. The van der Waals surface area contributed by atoms with Gasteiger partial charge in [-0.15, -0.1) is 5.10 Å². The average Bonchev–Trinajstić information content (AvgIpc) is 2.54. The number of aromatic nitrogens is 2. The van der Waals surface area contributed by atoms with Gasteiger partial charge in [-0.2, -0.15) is 10.4 Å². The SMILES string of the molecule is CCc1ccc(Oc2nnc(CC)c(CC)c2C#N)cc1.